The molecule has 3 heterocycles. The minimum atomic E-state index is -3.66. The van der Waals surface area contributed by atoms with E-state index in [4.69, 9.17) is 12.2 Å². The predicted molar refractivity (Wildman–Crippen MR) is 120 cm³/mol. The maximum absolute atomic E-state index is 12.8. The fourth-order valence-electron chi connectivity index (χ4n) is 3.40. The third kappa shape index (κ3) is 4.56. The molecule has 0 spiro atoms. The van der Waals surface area contributed by atoms with Gasteiger partial charge in [0.1, 0.15) is 5.75 Å². The maximum atomic E-state index is 12.8. The number of aromatic nitrogens is 3. The molecule has 164 valence electrons. The van der Waals surface area contributed by atoms with E-state index < -0.39 is 10.0 Å². The number of anilines is 1. The van der Waals surface area contributed by atoms with Crippen molar-refractivity contribution in [1.29, 1.82) is 0 Å². The molecule has 0 bridgehead atoms. The monoisotopic (exact) mass is 479 g/mol. The van der Waals surface area contributed by atoms with E-state index in [0.717, 1.165) is 17.7 Å². The largest absolute Gasteiger partial charge is 0.506 e. The number of hydrogen-bond donors (Lipinski definition) is 3. The lowest BCUT2D eigenvalue weighted by molar-refractivity contribution is -0.116. The van der Waals surface area contributed by atoms with Crippen LogP contribution in [0.1, 0.15) is 19.3 Å². The molecule has 1 aliphatic rings. The second-order valence-electron chi connectivity index (χ2n) is 7.07. The summed E-state index contributed by atoms with van der Waals surface area (Å²) in [5.74, 6) is 0.0634. The average Bonchev–Trinajstić information content (AvgIpc) is 3.50. The number of H-pyrrole nitrogens is 1. The first-order chi connectivity index (χ1) is 14.9. The first kappa shape index (κ1) is 21.7. The Morgan fingerprint density at radius 3 is 2.77 bits per heavy atom. The van der Waals surface area contributed by atoms with E-state index >= 15 is 0 Å². The minimum Gasteiger partial charge on any atom is -0.506 e. The Labute approximate surface area is 188 Å². The fourth-order valence-corrected chi connectivity index (χ4v) is 5.89. The highest BCUT2D eigenvalue weighted by Gasteiger charge is 2.28. The van der Waals surface area contributed by atoms with Gasteiger partial charge in [-0.15, -0.1) is 11.3 Å². The second kappa shape index (κ2) is 8.91. The normalized spacial score (nSPS) is 14.7. The summed E-state index contributed by atoms with van der Waals surface area (Å²) < 4.78 is 29.1. The van der Waals surface area contributed by atoms with E-state index in [1.165, 1.54) is 33.8 Å². The lowest BCUT2D eigenvalue weighted by Crippen LogP contribution is -2.28. The highest BCUT2D eigenvalue weighted by molar-refractivity contribution is 7.89. The van der Waals surface area contributed by atoms with Crippen molar-refractivity contribution in [1.82, 2.24) is 19.1 Å². The van der Waals surface area contributed by atoms with Crippen LogP contribution < -0.4 is 5.32 Å². The Morgan fingerprint density at radius 2 is 2.06 bits per heavy atom. The molecule has 1 saturated heterocycles. The molecule has 0 unspecified atom stereocenters. The van der Waals surface area contributed by atoms with Crippen molar-refractivity contribution in [2.45, 2.75) is 30.7 Å². The second-order valence-corrected chi connectivity index (χ2v) is 10.3. The van der Waals surface area contributed by atoms with E-state index in [9.17, 15) is 18.3 Å². The van der Waals surface area contributed by atoms with Crippen LogP contribution in [0.5, 0.6) is 5.75 Å². The molecule has 0 atom stereocenters. The third-order valence-corrected chi connectivity index (χ3v) is 8.08. The lowest BCUT2D eigenvalue weighted by atomic mass is 10.2. The van der Waals surface area contributed by atoms with Gasteiger partial charge in [0.25, 0.3) is 0 Å². The number of aromatic hydroxyl groups is 1. The van der Waals surface area contributed by atoms with Crippen molar-refractivity contribution in [3.05, 3.63) is 40.5 Å². The number of aromatic amines is 1. The molecule has 4 rings (SSSR count). The number of sulfonamides is 1. The van der Waals surface area contributed by atoms with E-state index in [1.807, 2.05) is 17.5 Å². The Morgan fingerprint density at radius 1 is 1.29 bits per heavy atom. The topological polar surface area (TPSA) is 120 Å². The molecule has 1 aromatic carbocycles. The summed E-state index contributed by atoms with van der Waals surface area (Å²) in [4.78, 5) is 13.5. The quantitative estimate of drug-likeness (QED) is 0.354. The first-order valence-electron chi connectivity index (χ1n) is 9.68. The number of hydrogen-bond acceptors (Lipinski definition) is 7. The van der Waals surface area contributed by atoms with Crippen LogP contribution in [-0.4, -0.2) is 51.6 Å². The molecule has 12 heteroatoms. The van der Waals surface area contributed by atoms with Crippen molar-refractivity contribution in [2.24, 2.45) is 0 Å². The van der Waals surface area contributed by atoms with E-state index in [2.05, 4.69) is 15.5 Å². The standard InChI is InChI=1S/C19H21N5O4S3/c25-15-6-5-13(31(27,28)23-8-1-2-9-23)12-14(15)20-17(26)7-10-24-18(21-22-19(24)29)16-4-3-11-30-16/h3-6,11-12,25H,1-2,7-10H2,(H,20,26)(H,22,29). The number of rotatable bonds is 7. The van der Waals surface area contributed by atoms with Gasteiger partial charge in [-0.1, -0.05) is 6.07 Å². The maximum Gasteiger partial charge on any atom is 0.243 e. The van der Waals surface area contributed by atoms with Gasteiger partial charge >= 0.3 is 0 Å². The van der Waals surface area contributed by atoms with Crippen LogP contribution in [0.25, 0.3) is 10.7 Å². The molecule has 0 radical (unpaired) electrons. The number of nitrogens with zero attached hydrogens (tertiary/aromatic N) is 3. The van der Waals surface area contributed by atoms with E-state index in [0.29, 0.717) is 23.7 Å². The summed E-state index contributed by atoms with van der Waals surface area (Å²) in [5, 5.41) is 21.6. The van der Waals surface area contributed by atoms with Crippen LogP contribution in [0, 0.1) is 4.77 Å². The highest BCUT2D eigenvalue weighted by atomic mass is 32.2. The lowest BCUT2D eigenvalue weighted by Gasteiger charge is -2.16. The summed E-state index contributed by atoms with van der Waals surface area (Å²) in [6, 6.07) is 7.73. The zero-order chi connectivity index (χ0) is 22.0. The zero-order valence-corrected chi connectivity index (χ0v) is 18.9. The molecular weight excluding hydrogens is 458 g/mol. The molecule has 1 aliphatic heterocycles. The number of nitrogens with one attached hydrogen (secondary N) is 2. The van der Waals surface area contributed by atoms with E-state index in [1.54, 1.807) is 4.57 Å². The Hall–Kier alpha value is -2.54. The number of phenolic OH excluding ortho intramolecular Hbond substituents is 1. The number of carbonyl (C=O) groups is 1. The van der Waals surface area contributed by atoms with Crippen molar-refractivity contribution in [3.63, 3.8) is 0 Å². The van der Waals surface area contributed by atoms with Gasteiger partial charge < -0.3 is 10.4 Å². The van der Waals surface area contributed by atoms with Gasteiger partial charge in [0.15, 0.2) is 10.6 Å². The highest BCUT2D eigenvalue weighted by Crippen LogP contribution is 2.29. The number of amides is 1. The van der Waals surface area contributed by atoms with Crippen molar-refractivity contribution in [2.75, 3.05) is 18.4 Å². The van der Waals surface area contributed by atoms with Crippen LogP contribution in [0.2, 0.25) is 0 Å². The van der Waals surface area contributed by atoms with Crippen LogP contribution in [0.3, 0.4) is 0 Å². The summed E-state index contributed by atoms with van der Waals surface area (Å²) in [5.41, 5.74) is 0.0551. The van der Waals surface area contributed by atoms with Crippen molar-refractivity contribution in [3.8, 4) is 16.5 Å². The Bertz CT molecular complexity index is 1240. The van der Waals surface area contributed by atoms with Gasteiger partial charge in [-0.05, 0) is 54.7 Å². The molecule has 3 aromatic rings. The molecule has 0 saturated carbocycles. The van der Waals surface area contributed by atoms with Gasteiger partial charge in [-0.25, -0.2) is 8.42 Å². The predicted octanol–water partition coefficient (Wildman–Crippen LogP) is 3.19. The van der Waals surface area contributed by atoms with Crippen molar-refractivity contribution >= 4 is 45.2 Å². The molecule has 1 fully saturated rings. The molecular formula is C19H21N5O4S3. The summed E-state index contributed by atoms with van der Waals surface area (Å²) in [7, 11) is -3.66. The first-order valence-corrected chi connectivity index (χ1v) is 12.4. The number of phenols is 1. The number of carbonyl (C=O) groups excluding carboxylic acids is 1. The van der Waals surface area contributed by atoms with Gasteiger partial charge in [0.2, 0.25) is 15.9 Å². The molecule has 2 aromatic heterocycles. The molecule has 1 amide bonds. The summed E-state index contributed by atoms with van der Waals surface area (Å²) in [6.45, 7) is 1.23. The molecule has 31 heavy (non-hydrogen) atoms. The SMILES string of the molecule is O=C(CCn1c(-c2cccs2)n[nH]c1=S)Nc1cc(S(=O)(=O)N2CCCC2)ccc1O. The third-order valence-electron chi connectivity index (χ3n) is 5.01. The van der Waals surface area contributed by atoms with Crippen LogP contribution >= 0.6 is 23.6 Å². The Kier molecular flexibility index (Phi) is 6.23. The van der Waals surface area contributed by atoms with E-state index in [-0.39, 0.29) is 35.2 Å². The molecule has 3 N–H and O–H groups in total. The Balaban J connectivity index is 1.47. The van der Waals surface area contributed by atoms with Crippen LogP contribution in [0.15, 0.2) is 40.6 Å². The fraction of sp³-hybridized carbons (Fsp3) is 0.316. The van der Waals surface area contributed by atoms with Gasteiger partial charge in [-0.3, -0.25) is 14.5 Å². The number of thiophene rings is 1. The minimum absolute atomic E-state index is 0.0412. The smallest absolute Gasteiger partial charge is 0.243 e. The van der Waals surface area contributed by atoms with Gasteiger partial charge in [0.05, 0.1) is 15.5 Å². The zero-order valence-electron chi connectivity index (χ0n) is 16.4. The molecule has 9 nitrogen and oxygen atoms in total. The number of benzene rings is 1. The van der Waals surface area contributed by atoms with Crippen LogP contribution in [0.4, 0.5) is 5.69 Å². The van der Waals surface area contributed by atoms with Gasteiger partial charge in [-0.2, -0.15) is 9.40 Å². The summed E-state index contributed by atoms with van der Waals surface area (Å²) >= 11 is 6.78. The van der Waals surface area contributed by atoms with Gasteiger partial charge in [0, 0.05) is 26.1 Å². The average molecular weight is 480 g/mol. The van der Waals surface area contributed by atoms with Crippen LogP contribution in [-0.2, 0) is 21.4 Å². The van der Waals surface area contributed by atoms with Crippen molar-refractivity contribution < 1.29 is 18.3 Å². The summed E-state index contributed by atoms with van der Waals surface area (Å²) in [6.07, 6.45) is 1.71. The molecule has 0 aliphatic carbocycles.